The molecule has 1 aliphatic heterocycles. The van der Waals surface area contributed by atoms with E-state index < -0.39 is 10.0 Å². The molecule has 0 fully saturated rings. The highest BCUT2D eigenvalue weighted by Crippen LogP contribution is 2.31. The molecule has 9 heteroatoms. The first kappa shape index (κ1) is 20.9. The number of likely N-dealkylation sites (N-methyl/N-ethyl adjacent to an activating group) is 1. The first-order valence-electron chi connectivity index (χ1n) is 9.36. The fourth-order valence-electron chi connectivity index (χ4n) is 2.98. The van der Waals surface area contributed by atoms with Gasteiger partial charge in [0.25, 0.3) is 0 Å². The summed E-state index contributed by atoms with van der Waals surface area (Å²) in [6.07, 6.45) is -0.264. The number of urea groups is 1. The molecular weight excluding hydrogens is 394 g/mol. The van der Waals surface area contributed by atoms with Gasteiger partial charge in [-0.25, -0.2) is 17.9 Å². The van der Waals surface area contributed by atoms with Crippen LogP contribution in [0.15, 0.2) is 53.4 Å². The number of carbonyl (C=O) groups is 1. The minimum absolute atomic E-state index is 0.158. The Bertz CT molecular complexity index is 964. The lowest BCUT2D eigenvalue weighted by atomic mass is 10.2. The van der Waals surface area contributed by atoms with Crippen molar-refractivity contribution in [1.29, 1.82) is 0 Å². The first-order chi connectivity index (χ1) is 13.9. The molecular formula is C20H25N3O5S. The molecule has 156 valence electrons. The van der Waals surface area contributed by atoms with E-state index in [1.54, 1.807) is 17.0 Å². The van der Waals surface area contributed by atoms with Gasteiger partial charge < -0.3 is 19.7 Å². The van der Waals surface area contributed by atoms with Crippen molar-refractivity contribution in [2.24, 2.45) is 0 Å². The van der Waals surface area contributed by atoms with E-state index >= 15 is 0 Å². The highest BCUT2D eigenvalue weighted by Gasteiger charge is 2.24. The van der Waals surface area contributed by atoms with Gasteiger partial charge in [0.05, 0.1) is 11.4 Å². The van der Waals surface area contributed by atoms with Crippen molar-refractivity contribution in [3.8, 4) is 11.5 Å². The van der Waals surface area contributed by atoms with Gasteiger partial charge in [0.1, 0.15) is 6.61 Å². The van der Waals surface area contributed by atoms with E-state index in [9.17, 15) is 13.2 Å². The van der Waals surface area contributed by atoms with Gasteiger partial charge in [0, 0.05) is 13.1 Å². The van der Waals surface area contributed by atoms with E-state index in [4.69, 9.17) is 9.47 Å². The van der Waals surface area contributed by atoms with Gasteiger partial charge in [-0.15, -0.1) is 0 Å². The minimum atomic E-state index is -3.53. The third-order valence-electron chi connectivity index (χ3n) is 4.58. The number of hydrogen-bond acceptors (Lipinski definition) is 5. The fourth-order valence-corrected chi connectivity index (χ4v) is 3.78. The normalized spacial score (nSPS) is 15.6. The predicted octanol–water partition coefficient (Wildman–Crippen LogP) is 1.97. The van der Waals surface area contributed by atoms with Gasteiger partial charge in [0.2, 0.25) is 10.0 Å². The Kier molecular flexibility index (Phi) is 6.60. The van der Waals surface area contributed by atoms with Crippen LogP contribution in [0.4, 0.5) is 4.79 Å². The third kappa shape index (κ3) is 5.18. The number of rotatable bonds is 7. The Morgan fingerprint density at radius 3 is 2.66 bits per heavy atom. The van der Waals surface area contributed by atoms with Crippen molar-refractivity contribution >= 4 is 16.1 Å². The molecule has 0 aromatic heterocycles. The Morgan fingerprint density at radius 2 is 1.93 bits per heavy atom. The van der Waals surface area contributed by atoms with Crippen molar-refractivity contribution in [2.45, 2.75) is 24.5 Å². The Labute approximate surface area is 170 Å². The van der Waals surface area contributed by atoms with Crippen LogP contribution in [-0.4, -0.2) is 52.2 Å². The second-order valence-corrected chi connectivity index (χ2v) is 8.44. The summed E-state index contributed by atoms with van der Waals surface area (Å²) >= 11 is 0. The summed E-state index contributed by atoms with van der Waals surface area (Å²) < 4.78 is 37.7. The molecule has 1 heterocycles. The topological polar surface area (TPSA) is 97.0 Å². The monoisotopic (exact) mass is 419 g/mol. The number of benzene rings is 2. The molecule has 0 saturated heterocycles. The summed E-state index contributed by atoms with van der Waals surface area (Å²) in [7, 11) is -2.17. The van der Waals surface area contributed by atoms with Gasteiger partial charge in [-0.3, -0.25) is 0 Å². The number of hydrogen-bond donors (Lipinski definition) is 2. The molecule has 0 spiro atoms. The zero-order valence-electron chi connectivity index (χ0n) is 16.4. The summed E-state index contributed by atoms with van der Waals surface area (Å²) in [5, 5.41) is 2.83. The Hall–Kier alpha value is -2.78. The molecule has 0 aliphatic carbocycles. The van der Waals surface area contributed by atoms with E-state index in [0.29, 0.717) is 36.8 Å². The third-order valence-corrected chi connectivity index (χ3v) is 5.99. The molecule has 0 unspecified atom stereocenters. The maximum absolute atomic E-state index is 12.6. The second kappa shape index (κ2) is 9.15. The van der Waals surface area contributed by atoms with Crippen molar-refractivity contribution < 1.29 is 22.7 Å². The average Bonchev–Trinajstić information content (AvgIpc) is 2.75. The van der Waals surface area contributed by atoms with E-state index in [1.165, 1.54) is 19.2 Å². The number of para-hydroxylation sites is 2. The van der Waals surface area contributed by atoms with E-state index in [2.05, 4.69) is 10.0 Å². The highest BCUT2D eigenvalue weighted by molar-refractivity contribution is 7.89. The number of carbonyl (C=O) groups excluding carboxylic acids is 1. The zero-order valence-corrected chi connectivity index (χ0v) is 17.2. The van der Waals surface area contributed by atoms with Crippen LogP contribution in [0.25, 0.3) is 0 Å². The van der Waals surface area contributed by atoms with Gasteiger partial charge in [0.15, 0.2) is 17.6 Å². The van der Waals surface area contributed by atoms with Gasteiger partial charge >= 0.3 is 6.03 Å². The molecule has 0 bridgehead atoms. The molecule has 3 rings (SSSR count). The number of sulfonamides is 1. The van der Waals surface area contributed by atoms with Crippen molar-refractivity contribution in [3.05, 3.63) is 54.1 Å². The van der Waals surface area contributed by atoms with Crippen LogP contribution >= 0.6 is 0 Å². The maximum atomic E-state index is 12.6. The molecule has 2 amide bonds. The Balaban J connectivity index is 1.58. The van der Waals surface area contributed by atoms with Crippen molar-refractivity contribution in [1.82, 2.24) is 14.9 Å². The van der Waals surface area contributed by atoms with Crippen LogP contribution < -0.4 is 19.5 Å². The Morgan fingerprint density at radius 1 is 1.17 bits per heavy atom. The van der Waals surface area contributed by atoms with Gasteiger partial charge in [-0.1, -0.05) is 24.3 Å². The number of fused-ring (bicyclic) bond motifs is 1. The smallest absolute Gasteiger partial charge is 0.317 e. The molecule has 29 heavy (non-hydrogen) atoms. The maximum Gasteiger partial charge on any atom is 0.317 e. The van der Waals surface area contributed by atoms with Crippen LogP contribution in [0.1, 0.15) is 12.5 Å². The SMILES string of the molecule is CCN(C[C@H]1COc2ccccc2O1)C(=O)NCc1cccc(S(=O)(=O)NC)c1. The summed E-state index contributed by atoms with van der Waals surface area (Å²) in [5.41, 5.74) is 0.692. The van der Waals surface area contributed by atoms with E-state index in [1.807, 2.05) is 31.2 Å². The van der Waals surface area contributed by atoms with Crippen LogP contribution in [0.5, 0.6) is 11.5 Å². The van der Waals surface area contributed by atoms with Crippen LogP contribution in [-0.2, 0) is 16.6 Å². The minimum Gasteiger partial charge on any atom is -0.486 e. The number of ether oxygens (including phenoxy) is 2. The number of amides is 2. The molecule has 1 aliphatic rings. The second-order valence-electron chi connectivity index (χ2n) is 6.55. The quantitative estimate of drug-likeness (QED) is 0.715. The summed E-state index contributed by atoms with van der Waals surface area (Å²) in [6.45, 7) is 3.35. The van der Waals surface area contributed by atoms with Crippen molar-refractivity contribution in [2.75, 3.05) is 26.7 Å². The average molecular weight is 420 g/mol. The number of nitrogens with zero attached hydrogens (tertiary/aromatic N) is 1. The first-order valence-corrected chi connectivity index (χ1v) is 10.8. The zero-order chi connectivity index (χ0) is 20.9. The largest absolute Gasteiger partial charge is 0.486 e. The molecule has 8 nitrogen and oxygen atoms in total. The lowest BCUT2D eigenvalue weighted by Crippen LogP contribution is -2.47. The van der Waals surface area contributed by atoms with Crippen molar-refractivity contribution in [3.63, 3.8) is 0 Å². The molecule has 2 aromatic carbocycles. The van der Waals surface area contributed by atoms with Gasteiger partial charge in [-0.05, 0) is 43.8 Å². The summed E-state index contributed by atoms with van der Waals surface area (Å²) in [4.78, 5) is 14.4. The summed E-state index contributed by atoms with van der Waals surface area (Å²) in [6, 6.07) is 13.6. The van der Waals surface area contributed by atoms with Crippen LogP contribution in [0.3, 0.4) is 0 Å². The van der Waals surface area contributed by atoms with E-state index in [0.717, 1.165) is 0 Å². The standard InChI is InChI=1S/C20H25N3O5S/c1-3-23(13-16-14-27-18-9-4-5-10-19(18)28-16)20(24)22-12-15-7-6-8-17(11-15)29(25,26)21-2/h4-11,16,21H,3,12-14H2,1-2H3,(H,22,24)/t16-/m0/s1. The summed E-state index contributed by atoms with van der Waals surface area (Å²) in [5.74, 6) is 1.37. The van der Waals surface area contributed by atoms with Crippen LogP contribution in [0.2, 0.25) is 0 Å². The van der Waals surface area contributed by atoms with E-state index in [-0.39, 0.29) is 23.6 Å². The molecule has 1 atom stereocenters. The lowest BCUT2D eigenvalue weighted by Gasteiger charge is -2.31. The fraction of sp³-hybridized carbons (Fsp3) is 0.350. The van der Waals surface area contributed by atoms with Gasteiger partial charge in [-0.2, -0.15) is 0 Å². The highest BCUT2D eigenvalue weighted by atomic mass is 32.2. The molecule has 0 saturated carbocycles. The number of nitrogens with one attached hydrogen (secondary N) is 2. The predicted molar refractivity (Wildman–Crippen MR) is 109 cm³/mol. The van der Waals surface area contributed by atoms with Crippen LogP contribution in [0, 0.1) is 0 Å². The molecule has 2 aromatic rings. The molecule has 2 N–H and O–H groups in total. The lowest BCUT2D eigenvalue weighted by molar-refractivity contribution is 0.0675. The molecule has 0 radical (unpaired) electrons.